The summed E-state index contributed by atoms with van der Waals surface area (Å²) in [5, 5.41) is 0. The van der Waals surface area contributed by atoms with Crippen molar-refractivity contribution in [2.45, 2.75) is 45.4 Å². The summed E-state index contributed by atoms with van der Waals surface area (Å²) >= 11 is 0. The monoisotopic (exact) mass is 311 g/mol. The third kappa shape index (κ3) is 3.40. The standard InChI is InChI=1S/C16H25NO3S/c1-5-20-15-10-16(14(4)9-13(15)3)21(18,19)17-8-6-7-12(2)11-17/h9-10,12H,5-8,11H2,1-4H3. The average molecular weight is 311 g/mol. The van der Waals surface area contributed by atoms with E-state index in [2.05, 4.69) is 6.92 Å². The van der Waals surface area contributed by atoms with Crippen molar-refractivity contribution in [3.63, 3.8) is 0 Å². The Morgan fingerprint density at radius 2 is 2.00 bits per heavy atom. The fourth-order valence-corrected chi connectivity index (χ4v) is 4.73. The van der Waals surface area contributed by atoms with Crippen LogP contribution in [0.3, 0.4) is 0 Å². The number of hydrogen-bond donors (Lipinski definition) is 0. The number of nitrogens with zero attached hydrogens (tertiary/aromatic N) is 1. The van der Waals surface area contributed by atoms with E-state index in [1.54, 1.807) is 10.4 Å². The summed E-state index contributed by atoms with van der Waals surface area (Å²) in [6.45, 7) is 9.56. The normalized spacial score (nSPS) is 20.5. The Morgan fingerprint density at radius 3 is 2.62 bits per heavy atom. The molecule has 0 bridgehead atoms. The molecule has 1 aromatic carbocycles. The molecule has 5 heteroatoms. The molecule has 0 saturated carbocycles. The lowest BCUT2D eigenvalue weighted by atomic mass is 10.0. The Bertz CT molecular complexity index is 610. The third-order valence-corrected chi connectivity index (χ3v) is 6.02. The molecule has 1 heterocycles. The number of hydrogen-bond acceptors (Lipinski definition) is 3. The van der Waals surface area contributed by atoms with Crippen molar-refractivity contribution in [1.29, 1.82) is 0 Å². The van der Waals surface area contributed by atoms with Crippen molar-refractivity contribution in [2.75, 3.05) is 19.7 Å². The van der Waals surface area contributed by atoms with E-state index in [1.165, 1.54) is 0 Å². The van der Waals surface area contributed by atoms with Crippen LogP contribution in [0, 0.1) is 19.8 Å². The summed E-state index contributed by atoms with van der Waals surface area (Å²) < 4.78 is 33.0. The van der Waals surface area contributed by atoms with Gasteiger partial charge in [-0.2, -0.15) is 4.31 Å². The smallest absolute Gasteiger partial charge is 0.243 e. The summed E-state index contributed by atoms with van der Waals surface area (Å²) in [6.07, 6.45) is 2.03. The van der Waals surface area contributed by atoms with Gasteiger partial charge < -0.3 is 4.74 Å². The van der Waals surface area contributed by atoms with Crippen molar-refractivity contribution in [3.05, 3.63) is 23.3 Å². The van der Waals surface area contributed by atoms with E-state index >= 15 is 0 Å². The van der Waals surface area contributed by atoms with Crippen LogP contribution >= 0.6 is 0 Å². The maximum Gasteiger partial charge on any atom is 0.243 e. The Balaban J connectivity index is 2.41. The highest BCUT2D eigenvalue weighted by atomic mass is 32.2. The Hall–Kier alpha value is -1.07. The van der Waals surface area contributed by atoms with Crippen LogP contribution in [0.15, 0.2) is 17.0 Å². The molecule has 118 valence electrons. The van der Waals surface area contributed by atoms with Gasteiger partial charge in [-0.25, -0.2) is 8.42 Å². The minimum absolute atomic E-state index is 0.380. The minimum Gasteiger partial charge on any atom is -0.494 e. The van der Waals surface area contributed by atoms with E-state index in [0.29, 0.717) is 36.3 Å². The number of aryl methyl sites for hydroxylation is 2. The number of benzene rings is 1. The molecule has 4 nitrogen and oxygen atoms in total. The molecule has 0 radical (unpaired) electrons. The molecule has 0 N–H and O–H groups in total. The Morgan fingerprint density at radius 1 is 1.29 bits per heavy atom. The van der Waals surface area contributed by atoms with Gasteiger partial charge in [0.15, 0.2) is 0 Å². The highest BCUT2D eigenvalue weighted by Gasteiger charge is 2.30. The zero-order valence-corrected chi connectivity index (χ0v) is 14.2. The summed E-state index contributed by atoms with van der Waals surface area (Å²) in [7, 11) is -3.43. The van der Waals surface area contributed by atoms with Crippen LogP contribution in [0.4, 0.5) is 0 Å². The van der Waals surface area contributed by atoms with Gasteiger partial charge in [-0.3, -0.25) is 0 Å². The molecule has 1 aliphatic heterocycles. The zero-order valence-electron chi connectivity index (χ0n) is 13.3. The highest BCUT2D eigenvalue weighted by Crippen LogP contribution is 2.30. The van der Waals surface area contributed by atoms with Gasteiger partial charge in [0.2, 0.25) is 10.0 Å². The Labute approximate surface area is 128 Å². The fourth-order valence-electron chi connectivity index (χ4n) is 2.91. The average Bonchev–Trinajstić information content (AvgIpc) is 2.41. The summed E-state index contributed by atoms with van der Waals surface area (Å²) in [5.41, 5.74) is 1.76. The molecule has 1 atom stereocenters. The maximum absolute atomic E-state index is 12.9. The van der Waals surface area contributed by atoms with E-state index < -0.39 is 10.0 Å². The third-order valence-electron chi connectivity index (χ3n) is 4.01. The number of sulfonamides is 1. The quantitative estimate of drug-likeness (QED) is 0.858. The Kier molecular flexibility index (Phi) is 4.94. The topological polar surface area (TPSA) is 46.6 Å². The minimum atomic E-state index is -3.43. The molecule has 0 aliphatic carbocycles. The molecule has 1 unspecified atom stereocenters. The van der Waals surface area contributed by atoms with Crippen molar-refractivity contribution in [2.24, 2.45) is 5.92 Å². The van der Waals surface area contributed by atoms with Crippen molar-refractivity contribution >= 4 is 10.0 Å². The number of piperidine rings is 1. The van der Waals surface area contributed by atoms with Crippen LogP contribution in [-0.4, -0.2) is 32.4 Å². The van der Waals surface area contributed by atoms with Gasteiger partial charge in [-0.15, -0.1) is 0 Å². The highest BCUT2D eigenvalue weighted by molar-refractivity contribution is 7.89. The second-order valence-electron chi connectivity index (χ2n) is 5.93. The van der Waals surface area contributed by atoms with Gasteiger partial charge in [0, 0.05) is 19.2 Å². The van der Waals surface area contributed by atoms with Gasteiger partial charge in [0.05, 0.1) is 11.5 Å². The van der Waals surface area contributed by atoms with E-state index in [4.69, 9.17) is 4.74 Å². The van der Waals surface area contributed by atoms with Gasteiger partial charge in [-0.1, -0.05) is 13.0 Å². The zero-order chi connectivity index (χ0) is 15.6. The summed E-state index contributed by atoms with van der Waals surface area (Å²) in [4.78, 5) is 0.380. The largest absolute Gasteiger partial charge is 0.494 e. The second-order valence-corrected chi connectivity index (χ2v) is 7.83. The molecular weight excluding hydrogens is 286 g/mol. The first kappa shape index (κ1) is 16.3. The van der Waals surface area contributed by atoms with Gasteiger partial charge in [0.25, 0.3) is 0 Å². The van der Waals surface area contributed by atoms with Gasteiger partial charge in [0.1, 0.15) is 5.75 Å². The molecule has 1 aliphatic rings. The summed E-state index contributed by atoms with van der Waals surface area (Å²) in [6, 6.07) is 3.58. The lowest BCUT2D eigenvalue weighted by Crippen LogP contribution is -2.39. The second kappa shape index (κ2) is 6.36. The molecule has 0 spiro atoms. The summed E-state index contributed by atoms with van der Waals surface area (Å²) in [5.74, 6) is 1.08. The van der Waals surface area contributed by atoms with Crippen LogP contribution in [0.25, 0.3) is 0 Å². The van der Waals surface area contributed by atoms with Gasteiger partial charge in [-0.05, 0) is 50.7 Å². The lowest BCUT2D eigenvalue weighted by Gasteiger charge is -2.30. The van der Waals surface area contributed by atoms with Crippen molar-refractivity contribution < 1.29 is 13.2 Å². The molecule has 0 amide bonds. The van der Waals surface area contributed by atoms with Crippen LogP contribution in [0.1, 0.15) is 37.8 Å². The van der Waals surface area contributed by atoms with E-state index in [-0.39, 0.29) is 0 Å². The van der Waals surface area contributed by atoms with Crippen LogP contribution in [0.5, 0.6) is 5.75 Å². The predicted molar refractivity (Wildman–Crippen MR) is 84.2 cm³/mol. The van der Waals surface area contributed by atoms with Gasteiger partial charge >= 0.3 is 0 Å². The number of rotatable bonds is 4. The molecule has 1 fully saturated rings. The molecule has 0 aromatic heterocycles. The first-order chi connectivity index (χ1) is 9.86. The van der Waals surface area contributed by atoms with E-state index in [1.807, 2.05) is 26.8 Å². The van der Waals surface area contributed by atoms with Crippen LogP contribution in [0.2, 0.25) is 0 Å². The predicted octanol–water partition coefficient (Wildman–Crippen LogP) is 3.12. The van der Waals surface area contributed by atoms with E-state index in [9.17, 15) is 8.42 Å². The lowest BCUT2D eigenvalue weighted by molar-refractivity contribution is 0.281. The molecule has 2 rings (SSSR count). The van der Waals surface area contributed by atoms with Crippen molar-refractivity contribution in [3.8, 4) is 5.75 Å². The van der Waals surface area contributed by atoms with E-state index in [0.717, 1.165) is 24.0 Å². The first-order valence-corrected chi connectivity index (χ1v) is 9.04. The van der Waals surface area contributed by atoms with Crippen molar-refractivity contribution in [1.82, 2.24) is 4.31 Å². The molecule has 1 aromatic rings. The fraction of sp³-hybridized carbons (Fsp3) is 0.625. The first-order valence-electron chi connectivity index (χ1n) is 7.60. The SMILES string of the molecule is CCOc1cc(S(=O)(=O)N2CCCC(C)C2)c(C)cc1C. The maximum atomic E-state index is 12.9. The molecule has 21 heavy (non-hydrogen) atoms. The van der Waals surface area contributed by atoms with Crippen LogP contribution in [-0.2, 0) is 10.0 Å². The van der Waals surface area contributed by atoms with Crippen LogP contribution < -0.4 is 4.74 Å². The molecule has 1 saturated heterocycles. The molecular formula is C16H25NO3S. The number of ether oxygens (including phenoxy) is 1.